The molecule has 2 N–H and O–H groups in total. The van der Waals surface area contributed by atoms with Crippen molar-refractivity contribution in [3.8, 4) is 11.5 Å². The van der Waals surface area contributed by atoms with Gasteiger partial charge in [0, 0.05) is 11.1 Å². The molecule has 7 heteroatoms. The molecule has 0 atom stereocenters. The number of methoxy groups -OCH3 is 1. The van der Waals surface area contributed by atoms with Crippen molar-refractivity contribution >= 4 is 17.8 Å². The number of phenols is 1. The van der Waals surface area contributed by atoms with Crippen LogP contribution in [0.25, 0.3) is 0 Å². The molecule has 0 spiro atoms. The van der Waals surface area contributed by atoms with Gasteiger partial charge in [-0.3, -0.25) is 9.79 Å². The largest absolute Gasteiger partial charge is 0.504 e. The predicted octanol–water partition coefficient (Wildman–Crippen LogP) is 1.87. The summed E-state index contributed by atoms with van der Waals surface area (Å²) >= 11 is 0. The van der Waals surface area contributed by atoms with Gasteiger partial charge in [0.15, 0.2) is 17.3 Å². The summed E-state index contributed by atoms with van der Waals surface area (Å²) in [6, 6.07) is 8.53. The average Bonchev–Trinajstić information content (AvgIpc) is 3.27. The van der Waals surface area contributed by atoms with E-state index < -0.39 is 0 Å². The summed E-state index contributed by atoms with van der Waals surface area (Å²) in [5, 5.41) is 13.8. The second-order valence-electron chi connectivity index (χ2n) is 4.95. The van der Waals surface area contributed by atoms with E-state index in [1.54, 1.807) is 42.7 Å². The lowest BCUT2D eigenvalue weighted by Crippen LogP contribution is -2.20. The van der Waals surface area contributed by atoms with Crippen LogP contribution in [0.2, 0.25) is 0 Å². The van der Waals surface area contributed by atoms with Gasteiger partial charge in [-0.05, 0) is 30.3 Å². The number of hydrogen-bond acceptors (Lipinski definition) is 6. The zero-order chi connectivity index (χ0) is 16.9. The van der Waals surface area contributed by atoms with E-state index in [2.05, 4.69) is 15.5 Å². The molecule has 122 valence electrons. The van der Waals surface area contributed by atoms with Crippen LogP contribution in [0.5, 0.6) is 11.5 Å². The number of para-hydroxylation sites is 1. The number of aliphatic imine (C=N–C) groups is 1. The summed E-state index contributed by atoms with van der Waals surface area (Å²) in [6.45, 7) is 0.266. The number of furan rings is 1. The molecule has 0 fully saturated rings. The molecule has 1 amide bonds. The first-order valence-corrected chi connectivity index (χ1v) is 7.17. The number of hydrazone groups is 1. The molecular formula is C17H15N3O4. The van der Waals surface area contributed by atoms with Gasteiger partial charge in [0.1, 0.15) is 5.71 Å². The number of nitrogens with one attached hydrogen (secondary N) is 1. The molecule has 2 aromatic rings. The molecule has 1 aromatic heterocycles. The Balaban J connectivity index is 1.64. The lowest BCUT2D eigenvalue weighted by Gasteiger charge is -2.05. The van der Waals surface area contributed by atoms with Crippen LogP contribution >= 0.6 is 0 Å². The van der Waals surface area contributed by atoms with Gasteiger partial charge in [0.25, 0.3) is 5.91 Å². The Labute approximate surface area is 138 Å². The van der Waals surface area contributed by atoms with Gasteiger partial charge in [-0.25, -0.2) is 5.43 Å². The van der Waals surface area contributed by atoms with Gasteiger partial charge in [-0.1, -0.05) is 6.07 Å². The number of hydrogen-bond donors (Lipinski definition) is 2. The Bertz CT molecular complexity index is 836. The van der Waals surface area contributed by atoms with E-state index in [0.717, 1.165) is 0 Å². The minimum Gasteiger partial charge on any atom is -0.504 e. The molecule has 0 saturated carbocycles. The number of allylic oxidation sites excluding steroid dienone is 1. The van der Waals surface area contributed by atoms with E-state index in [9.17, 15) is 9.90 Å². The number of amides is 1. The maximum absolute atomic E-state index is 12.1. The van der Waals surface area contributed by atoms with Crippen LogP contribution in [0.1, 0.15) is 11.3 Å². The molecule has 1 aliphatic rings. The van der Waals surface area contributed by atoms with Gasteiger partial charge in [0.2, 0.25) is 0 Å². The van der Waals surface area contributed by atoms with Crippen LogP contribution in [0.4, 0.5) is 0 Å². The Morgan fingerprint density at radius 1 is 1.42 bits per heavy atom. The predicted molar refractivity (Wildman–Crippen MR) is 88.6 cm³/mol. The Hall–Kier alpha value is -3.35. The monoisotopic (exact) mass is 325 g/mol. The number of ether oxygens (including phenoxy) is 1. The van der Waals surface area contributed by atoms with Crippen molar-refractivity contribution in [1.82, 2.24) is 5.43 Å². The van der Waals surface area contributed by atoms with Crippen LogP contribution < -0.4 is 10.2 Å². The van der Waals surface area contributed by atoms with Crippen molar-refractivity contribution in [2.24, 2.45) is 10.1 Å². The van der Waals surface area contributed by atoms with E-state index >= 15 is 0 Å². The Kier molecular flexibility index (Phi) is 4.42. The van der Waals surface area contributed by atoms with Gasteiger partial charge in [0.05, 0.1) is 26.1 Å². The fourth-order valence-electron chi connectivity index (χ4n) is 2.18. The Morgan fingerprint density at radius 3 is 3.04 bits per heavy atom. The summed E-state index contributed by atoms with van der Waals surface area (Å²) in [7, 11) is 1.46. The summed E-state index contributed by atoms with van der Waals surface area (Å²) in [5.74, 6) is 0.545. The van der Waals surface area contributed by atoms with E-state index in [4.69, 9.17) is 9.15 Å². The van der Waals surface area contributed by atoms with Crippen molar-refractivity contribution in [3.63, 3.8) is 0 Å². The number of nitrogens with zero attached hydrogens (tertiary/aromatic N) is 2. The van der Waals surface area contributed by atoms with Gasteiger partial charge in [-0.15, -0.1) is 0 Å². The fourth-order valence-corrected chi connectivity index (χ4v) is 2.18. The molecule has 2 heterocycles. The molecule has 0 saturated heterocycles. The highest BCUT2D eigenvalue weighted by molar-refractivity contribution is 6.13. The number of carbonyl (C=O) groups is 1. The number of rotatable bonds is 5. The molecule has 0 aliphatic carbocycles. The van der Waals surface area contributed by atoms with Crippen LogP contribution in [0.3, 0.4) is 0 Å². The first-order chi connectivity index (χ1) is 11.7. The molecule has 24 heavy (non-hydrogen) atoms. The van der Waals surface area contributed by atoms with E-state index in [-0.39, 0.29) is 18.2 Å². The SMILES string of the molecule is COc1cccc(/C=N/NC(=O)C2=CC(c3ccco3)=NC2)c1O. The third-order valence-electron chi connectivity index (χ3n) is 3.42. The first-order valence-electron chi connectivity index (χ1n) is 7.17. The summed E-state index contributed by atoms with van der Waals surface area (Å²) in [6.07, 6.45) is 4.56. The molecule has 0 bridgehead atoms. The van der Waals surface area contributed by atoms with E-state index in [0.29, 0.717) is 28.4 Å². The fraction of sp³-hybridized carbons (Fsp3) is 0.118. The maximum atomic E-state index is 12.1. The number of aromatic hydroxyl groups is 1. The highest BCUT2D eigenvalue weighted by Crippen LogP contribution is 2.27. The molecule has 3 rings (SSSR count). The van der Waals surface area contributed by atoms with Gasteiger partial charge >= 0.3 is 0 Å². The summed E-state index contributed by atoms with van der Waals surface area (Å²) < 4.78 is 10.3. The van der Waals surface area contributed by atoms with Crippen LogP contribution in [-0.2, 0) is 4.79 Å². The van der Waals surface area contributed by atoms with Crippen molar-refractivity contribution in [2.75, 3.05) is 13.7 Å². The summed E-state index contributed by atoms with van der Waals surface area (Å²) in [4.78, 5) is 16.3. The normalized spacial score (nSPS) is 13.7. The van der Waals surface area contributed by atoms with Gasteiger partial charge < -0.3 is 14.3 Å². The second-order valence-corrected chi connectivity index (χ2v) is 4.95. The summed E-state index contributed by atoms with van der Waals surface area (Å²) in [5.41, 5.74) is 3.95. The average molecular weight is 325 g/mol. The Morgan fingerprint density at radius 2 is 2.29 bits per heavy atom. The van der Waals surface area contributed by atoms with E-state index in [1.165, 1.54) is 13.3 Å². The molecule has 7 nitrogen and oxygen atoms in total. The highest BCUT2D eigenvalue weighted by Gasteiger charge is 2.17. The van der Waals surface area contributed by atoms with Crippen molar-refractivity contribution < 1.29 is 19.1 Å². The number of benzene rings is 1. The van der Waals surface area contributed by atoms with Crippen LogP contribution in [0.15, 0.2) is 62.8 Å². The number of phenolic OH excluding ortho intramolecular Hbond substituents is 1. The van der Waals surface area contributed by atoms with E-state index in [1.807, 2.05) is 0 Å². The van der Waals surface area contributed by atoms with Crippen molar-refractivity contribution in [2.45, 2.75) is 0 Å². The minimum absolute atomic E-state index is 0.0403. The molecule has 0 radical (unpaired) electrons. The molecule has 1 aromatic carbocycles. The second kappa shape index (κ2) is 6.82. The number of carbonyl (C=O) groups excluding carboxylic acids is 1. The highest BCUT2D eigenvalue weighted by atomic mass is 16.5. The minimum atomic E-state index is -0.362. The molecule has 1 aliphatic heterocycles. The topological polar surface area (TPSA) is 96.4 Å². The zero-order valence-corrected chi connectivity index (χ0v) is 12.9. The smallest absolute Gasteiger partial charge is 0.269 e. The quantitative estimate of drug-likeness (QED) is 0.648. The van der Waals surface area contributed by atoms with Crippen LogP contribution in [-0.4, -0.2) is 36.6 Å². The first kappa shape index (κ1) is 15.5. The maximum Gasteiger partial charge on any atom is 0.269 e. The van der Waals surface area contributed by atoms with Crippen LogP contribution in [0, 0.1) is 0 Å². The standard InChI is InChI=1S/C17H15N3O4/c1-23-15-5-2-4-11(16(15)21)10-19-20-17(22)12-8-13(18-9-12)14-6-3-7-24-14/h2-8,10,21H,9H2,1H3,(H,20,22)/b19-10+. The zero-order valence-electron chi connectivity index (χ0n) is 12.9. The molecule has 0 unspecified atom stereocenters. The third kappa shape index (κ3) is 3.19. The third-order valence-corrected chi connectivity index (χ3v) is 3.42. The lowest BCUT2D eigenvalue weighted by molar-refractivity contribution is -0.117. The lowest BCUT2D eigenvalue weighted by atomic mass is 10.2. The van der Waals surface area contributed by atoms with Gasteiger partial charge in [-0.2, -0.15) is 5.10 Å². The van der Waals surface area contributed by atoms with Crippen molar-refractivity contribution in [1.29, 1.82) is 0 Å². The molecular weight excluding hydrogens is 310 g/mol. The van der Waals surface area contributed by atoms with Crippen molar-refractivity contribution in [3.05, 3.63) is 59.6 Å².